The molecule has 0 aliphatic heterocycles. The highest BCUT2D eigenvalue weighted by molar-refractivity contribution is 5.96. The number of carboxylic acids is 1. The van der Waals surface area contributed by atoms with Gasteiger partial charge in [-0.15, -0.1) is 0 Å². The second-order valence-electron chi connectivity index (χ2n) is 11.8. The lowest BCUT2D eigenvalue weighted by Gasteiger charge is -2.26. The maximum Gasteiger partial charge on any atom is 0.326 e. The highest BCUT2D eigenvalue weighted by atomic mass is 16.4. The van der Waals surface area contributed by atoms with E-state index >= 15 is 0 Å². The number of hydrogen-bond donors (Lipinski definition) is 11. The lowest BCUT2D eigenvalue weighted by molar-refractivity contribution is -0.142. The minimum Gasteiger partial charge on any atom is -0.480 e. The van der Waals surface area contributed by atoms with Crippen molar-refractivity contribution in [1.82, 2.24) is 31.9 Å². The Hall–Kier alpha value is -3.87. The maximum absolute atomic E-state index is 13.1. The van der Waals surface area contributed by atoms with Gasteiger partial charge in [-0.1, -0.05) is 34.1 Å². The van der Waals surface area contributed by atoms with Crippen LogP contribution >= 0.6 is 0 Å². The zero-order valence-corrected chi connectivity index (χ0v) is 27.8. The molecule has 7 atom stereocenters. The van der Waals surface area contributed by atoms with Crippen LogP contribution in [0.15, 0.2) is 0 Å². The first-order valence-electron chi connectivity index (χ1n) is 15.7. The molecule has 13 N–H and O–H groups in total. The SMILES string of the molecule is CCC(C)C(NC(=O)C(N)CO)C(=O)NCC(=O)NC(CO)C(=O)NC(CC(C)C)C(=O)NC(C)C(=O)NC(CCCCN)C(=O)O. The van der Waals surface area contributed by atoms with Gasteiger partial charge >= 0.3 is 5.97 Å². The Bertz CT molecular complexity index is 1060. The first-order chi connectivity index (χ1) is 22.0. The quantitative estimate of drug-likeness (QED) is 0.0465. The predicted molar refractivity (Wildman–Crippen MR) is 170 cm³/mol. The van der Waals surface area contributed by atoms with E-state index in [0.29, 0.717) is 25.8 Å². The number of rotatable bonds is 23. The molecule has 0 radical (unpaired) electrons. The number of aliphatic hydroxyl groups is 2. The third-order valence-electron chi connectivity index (χ3n) is 7.24. The van der Waals surface area contributed by atoms with E-state index < -0.39 is 97.4 Å². The van der Waals surface area contributed by atoms with Gasteiger partial charge in [0.2, 0.25) is 35.4 Å². The molecule has 0 aromatic carbocycles. The van der Waals surface area contributed by atoms with Crippen molar-refractivity contribution in [3.8, 4) is 0 Å². The first-order valence-corrected chi connectivity index (χ1v) is 15.7. The number of nitrogens with one attached hydrogen (secondary N) is 6. The highest BCUT2D eigenvalue weighted by Gasteiger charge is 2.31. The molecule has 270 valence electrons. The molecule has 0 aromatic rings. The zero-order valence-electron chi connectivity index (χ0n) is 27.8. The smallest absolute Gasteiger partial charge is 0.326 e. The van der Waals surface area contributed by atoms with Crippen molar-refractivity contribution < 1.29 is 48.9 Å². The Labute approximate surface area is 274 Å². The zero-order chi connectivity index (χ0) is 36.3. The van der Waals surface area contributed by atoms with Crippen molar-refractivity contribution in [3.63, 3.8) is 0 Å². The van der Waals surface area contributed by atoms with Gasteiger partial charge in [0.05, 0.1) is 19.8 Å². The second-order valence-corrected chi connectivity index (χ2v) is 11.8. The molecule has 0 heterocycles. The molecular formula is C29H54N8O10. The monoisotopic (exact) mass is 674 g/mol. The number of carbonyl (C=O) groups is 7. The Morgan fingerprint density at radius 2 is 1.30 bits per heavy atom. The van der Waals surface area contributed by atoms with Crippen LogP contribution in [0, 0.1) is 11.8 Å². The van der Waals surface area contributed by atoms with Crippen molar-refractivity contribution in [2.24, 2.45) is 23.3 Å². The molecule has 0 spiro atoms. The summed E-state index contributed by atoms with van der Waals surface area (Å²) in [7, 11) is 0. The minimum atomic E-state index is -1.51. The van der Waals surface area contributed by atoms with E-state index in [1.54, 1.807) is 27.7 Å². The molecule has 0 aliphatic rings. The van der Waals surface area contributed by atoms with E-state index in [9.17, 15) is 43.8 Å². The molecule has 18 nitrogen and oxygen atoms in total. The highest BCUT2D eigenvalue weighted by Crippen LogP contribution is 2.09. The van der Waals surface area contributed by atoms with E-state index in [4.69, 9.17) is 16.6 Å². The normalized spacial score (nSPS) is 15.5. The number of amides is 6. The van der Waals surface area contributed by atoms with E-state index in [-0.39, 0.29) is 24.7 Å². The summed E-state index contributed by atoms with van der Waals surface area (Å²) in [6, 6.07) is -7.35. The van der Waals surface area contributed by atoms with Gasteiger partial charge in [0.15, 0.2) is 0 Å². The van der Waals surface area contributed by atoms with Gasteiger partial charge in [-0.25, -0.2) is 4.79 Å². The van der Waals surface area contributed by atoms with Crippen molar-refractivity contribution in [3.05, 3.63) is 0 Å². The fourth-order valence-electron chi connectivity index (χ4n) is 4.16. The van der Waals surface area contributed by atoms with Crippen LogP contribution in [0.3, 0.4) is 0 Å². The summed E-state index contributed by atoms with van der Waals surface area (Å²) < 4.78 is 0. The summed E-state index contributed by atoms with van der Waals surface area (Å²) in [6.07, 6.45) is 1.80. The first kappa shape index (κ1) is 43.1. The third kappa shape index (κ3) is 16.5. The lowest BCUT2D eigenvalue weighted by Crippen LogP contribution is -2.59. The molecular weight excluding hydrogens is 620 g/mol. The third-order valence-corrected chi connectivity index (χ3v) is 7.24. The lowest BCUT2D eigenvalue weighted by atomic mass is 9.98. The van der Waals surface area contributed by atoms with Crippen LogP contribution in [0.2, 0.25) is 0 Å². The molecule has 47 heavy (non-hydrogen) atoms. The number of aliphatic carboxylic acids is 1. The molecule has 7 unspecified atom stereocenters. The fraction of sp³-hybridized carbons (Fsp3) is 0.759. The molecule has 0 bridgehead atoms. The van der Waals surface area contributed by atoms with Crippen LogP contribution in [0.5, 0.6) is 0 Å². The molecule has 0 saturated carbocycles. The van der Waals surface area contributed by atoms with Crippen molar-refractivity contribution in [1.29, 1.82) is 0 Å². The van der Waals surface area contributed by atoms with Crippen LogP contribution in [-0.2, 0) is 33.6 Å². The number of aliphatic hydroxyl groups excluding tert-OH is 2. The summed E-state index contributed by atoms with van der Waals surface area (Å²) in [5, 5.41) is 42.6. The van der Waals surface area contributed by atoms with Gasteiger partial charge in [-0.05, 0) is 51.0 Å². The van der Waals surface area contributed by atoms with Gasteiger partial charge in [0.1, 0.15) is 36.3 Å². The molecule has 0 aromatic heterocycles. The topological polar surface area (TPSA) is 304 Å². The number of nitrogens with two attached hydrogens (primary N) is 2. The molecule has 6 amide bonds. The summed E-state index contributed by atoms with van der Waals surface area (Å²) >= 11 is 0. The van der Waals surface area contributed by atoms with Crippen molar-refractivity contribution in [2.75, 3.05) is 26.3 Å². The van der Waals surface area contributed by atoms with Gasteiger partial charge < -0.3 is 58.7 Å². The minimum absolute atomic E-state index is 0.114. The van der Waals surface area contributed by atoms with Gasteiger partial charge in [0.25, 0.3) is 0 Å². The van der Waals surface area contributed by atoms with E-state index in [1.165, 1.54) is 6.92 Å². The van der Waals surface area contributed by atoms with Crippen LogP contribution in [-0.4, -0.2) is 119 Å². The largest absolute Gasteiger partial charge is 0.480 e. The Morgan fingerprint density at radius 1 is 0.702 bits per heavy atom. The van der Waals surface area contributed by atoms with Crippen LogP contribution in [0.1, 0.15) is 66.7 Å². The molecule has 0 aliphatic carbocycles. The Kier molecular flexibility index (Phi) is 20.8. The Morgan fingerprint density at radius 3 is 1.81 bits per heavy atom. The molecule has 0 saturated heterocycles. The van der Waals surface area contributed by atoms with E-state index in [2.05, 4.69) is 31.9 Å². The van der Waals surface area contributed by atoms with Gasteiger partial charge in [0, 0.05) is 0 Å². The van der Waals surface area contributed by atoms with Crippen LogP contribution in [0.25, 0.3) is 0 Å². The Balaban J connectivity index is 5.36. The summed E-state index contributed by atoms with van der Waals surface area (Å²) in [6.45, 7) is 6.64. The van der Waals surface area contributed by atoms with E-state index in [0.717, 1.165) is 0 Å². The number of hydrogen-bond acceptors (Lipinski definition) is 11. The second kappa shape index (κ2) is 22.6. The molecule has 0 rings (SSSR count). The number of unbranched alkanes of at least 4 members (excludes halogenated alkanes) is 1. The number of carbonyl (C=O) groups excluding carboxylic acids is 6. The van der Waals surface area contributed by atoms with Crippen molar-refractivity contribution >= 4 is 41.4 Å². The fourth-order valence-corrected chi connectivity index (χ4v) is 4.16. The maximum atomic E-state index is 13.1. The van der Waals surface area contributed by atoms with Crippen LogP contribution in [0.4, 0.5) is 0 Å². The average molecular weight is 675 g/mol. The van der Waals surface area contributed by atoms with E-state index in [1.807, 2.05) is 0 Å². The van der Waals surface area contributed by atoms with Gasteiger partial charge in [-0.3, -0.25) is 28.8 Å². The molecule has 0 fully saturated rings. The van der Waals surface area contributed by atoms with Gasteiger partial charge in [-0.2, -0.15) is 0 Å². The standard InChI is InChI=1S/C29H54N8O10/c1-6-16(4)23(37-25(42)18(31)13-38)28(45)32-12-22(40)34-21(14-39)27(44)36-20(11-15(2)3)26(43)33-17(5)24(41)35-19(29(46)47)9-7-8-10-30/h15-21,23,38-39H,6-14,30-31H2,1-5H3,(H,32,45)(H,33,43)(H,34,40)(H,35,41)(H,36,44)(H,37,42)(H,46,47). The number of carboxylic acid groups (broad SMARTS) is 1. The van der Waals surface area contributed by atoms with Crippen LogP contribution < -0.4 is 43.4 Å². The molecule has 18 heteroatoms. The summed E-state index contributed by atoms with van der Waals surface area (Å²) in [4.78, 5) is 87.6. The summed E-state index contributed by atoms with van der Waals surface area (Å²) in [5.74, 6) is -6.45. The predicted octanol–water partition coefficient (Wildman–Crippen LogP) is -3.84. The summed E-state index contributed by atoms with van der Waals surface area (Å²) in [5.41, 5.74) is 10.9. The van der Waals surface area contributed by atoms with Crippen molar-refractivity contribution in [2.45, 2.75) is 103 Å². The average Bonchev–Trinajstić information content (AvgIpc) is 3.02.